The topological polar surface area (TPSA) is 28.1 Å². The number of hydrogen-bond donors (Lipinski definition) is 1. The number of aromatic amines is 1. The van der Waals surface area contributed by atoms with Gasteiger partial charge in [0.15, 0.2) is 0 Å². The highest BCUT2D eigenvalue weighted by Gasteiger charge is 2.37. The maximum atomic E-state index is 13.4. The van der Waals surface area contributed by atoms with E-state index in [-0.39, 0.29) is 18.9 Å². The molecule has 0 aliphatic rings. The molecule has 0 aromatic carbocycles. The van der Waals surface area contributed by atoms with Gasteiger partial charge in [0.05, 0.1) is 5.56 Å². The van der Waals surface area contributed by atoms with E-state index in [1.54, 1.807) is 44.2 Å². The summed E-state index contributed by atoms with van der Waals surface area (Å²) in [6, 6.07) is 0. The molecule has 0 atom stereocenters. The van der Waals surface area contributed by atoms with Gasteiger partial charge in [-0.1, -0.05) is 31.4 Å². The summed E-state index contributed by atoms with van der Waals surface area (Å²) in [4.78, 5) is 6.35. The predicted octanol–water partition coefficient (Wildman–Crippen LogP) is 6.24. The van der Waals surface area contributed by atoms with Crippen molar-refractivity contribution >= 4 is 19.0 Å². The second-order valence-corrected chi connectivity index (χ2v) is 6.06. The summed E-state index contributed by atoms with van der Waals surface area (Å²) in [5, 5.41) is 0. The molecule has 0 fully saturated rings. The average molecular weight is 377 g/mol. The van der Waals surface area contributed by atoms with E-state index in [0.717, 1.165) is 0 Å². The molecule has 0 saturated heterocycles. The molecule has 1 radical (unpaired) electrons. The van der Waals surface area contributed by atoms with Gasteiger partial charge in [0.25, 0.3) is 0 Å². The number of nitrogens with one attached hydrogen (secondary N) is 1. The fourth-order valence-corrected chi connectivity index (χ4v) is 2.76. The lowest BCUT2D eigenvalue weighted by Crippen LogP contribution is -2.07. The molecule has 0 saturated carbocycles. The summed E-state index contributed by atoms with van der Waals surface area (Å²) in [6.45, 7) is 13.7. The number of hydrogen-bond acceptors (Lipinski definition) is 1. The van der Waals surface area contributed by atoms with Crippen LogP contribution in [0.1, 0.15) is 36.4 Å². The quantitative estimate of drug-likeness (QED) is 0.252. The third kappa shape index (κ3) is 5.98. The van der Waals surface area contributed by atoms with Crippen LogP contribution in [0.2, 0.25) is 0 Å². The Labute approximate surface area is 158 Å². The molecular weight excluding hydrogens is 355 g/mol. The zero-order valence-corrected chi connectivity index (χ0v) is 15.8. The minimum absolute atomic E-state index is 0.0350. The Hall–Kier alpha value is -2.57. The Morgan fingerprint density at radius 1 is 1.19 bits per heavy atom. The molecule has 0 amide bonds. The van der Waals surface area contributed by atoms with E-state index >= 15 is 0 Å². The van der Waals surface area contributed by atoms with Crippen LogP contribution in [0.4, 0.5) is 17.5 Å². The Morgan fingerprint density at radius 3 is 2.30 bits per heavy atom. The molecule has 1 aromatic heterocycles. The highest BCUT2D eigenvalue weighted by atomic mass is 19.4. The van der Waals surface area contributed by atoms with E-state index < -0.39 is 11.7 Å². The number of H-pyrrole nitrogens is 1. The molecule has 143 valence electrons. The highest BCUT2D eigenvalue weighted by molar-refractivity contribution is 6.28. The van der Waals surface area contributed by atoms with Gasteiger partial charge in [-0.05, 0) is 56.6 Å². The minimum atomic E-state index is -4.46. The van der Waals surface area contributed by atoms with Gasteiger partial charge in [-0.25, -0.2) is 0 Å². The fourth-order valence-electron chi connectivity index (χ4n) is 2.76. The third-order valence-corrected chi connectivity index (χ3v) is 3.83. The first kappa shape index (κ1) is 22.5. The number of halogens is 4. The normalized spacial score (nSPS) is 14.0. The van der Waals surface area contributed by atoms with Gasteiger partial charge in [0.1, 0.15) is 0 Å². The Balaban J connectivity index is 3.61. The summed E-state index contributed by atoms with van der Waals surface area (Å²) in [7, 11) is 0.184. The van der Waals surface area contributed by atoms with Crippen molar-refractivity contribution in [3.05, 3.63) is 77.2 Å². The Morgan fingerprint density at radius 2 is 1.81 bits per heavy atom. The molecule has 2 nitrogen and oxygen atoms in total. The van der Waals surface area contributed by atoms with Gasteiger partial charge in [0, 0.05) is 22.7 Å². The Bertz CT molecular complexity index is 837. The summed E-state index contributed by atoms with van der Waals surface area (Å²) in [6.07, 6.45) is 3.70. The van der Waals surface area contributed by atoms with Gasteiger partial charge < -0.3 is 14.2 Å². The van der Waals surface area contributed by atoms with E-state index in [9.17, 15) is 17.5 Å². The van der Waals surface area contributed by atoms with E-state index in [4.69, 9.17) is 0 Å². The number of aryl methyl sites for hydroxylation is 1. The van der Waals surface area contributed by atoms with Crippen LogP contribution in [0.15, 0.2) is 59.6 Å². The number of nitrogens with zero attached hydrogens (tertiary/aromatic N) is 1. The monoisotopic (exact) mass is 377 g/mol. The van der Waals surface area contributed by atoms with Gasteiger partial charge in [-0.15, -0.1) is 0 Å². The van der Waals surface area contributed by atoms with Crippen LogP contribution in [-0.4, -0.2) is 18.4 Å². The van der Waals surface area contributed by atoms with Gasteiger partial charge in [0.2, 0.25) is 0 Å². The molecular formula is C20H22BF4N2. The minimum Gasteiger partial charge on any atom is -0.358 e. The average Bonchev–Trinajstić information content (AvgIpc) is 2.84. The number of alkyl halides is 3. The fraction of sp³-hybridized carbons (Fsp3) is 0.250. The molecule has 0 bridgehead atoms. The van der Waals surface area contributed by atoms with Crippen LogP contribution in [-0.2, 0) is 6.18 Å². The third-order valence-electron chi connectivity index (χ3n) is 3.83. The van der Waals surface area contributed by atoms with Crippen LogP contribution >= 0.6 is 0 Å². The smallest absolute Gasteiger partial charge is 0.358 e. The van der Waals surface area contributed by atoms with Gasteiger partial charge >= 0.3 is 13.9 Å². The molecule has 1 aromatic rings. The zero-order valence-electron chi connectivity index (χ0n) is 15.8. The van der Waals surface area contributed by atoms with E-state index in [0.29, 0.717) is 28.1 Å². The molecule has 1 rings (SSSR count). The van der Waals surface area contributed by atoms with Crippen molar-refractivity contribution in [1.29, 1.82) is 0 Å². The number of aromatic nitrogens is 1. The van der Waals surface area contributed by atoms with Crippen molar-refractivity contribution in [2.75, 3.05) is 0 Å². The molecule has 0 spiro atoms. The summed E-state index contributed by atoms with van der Waals surface area (Å²) in [5.41, 5.74) is 1.88. The van der Waals surface area contributed by atoms with Crippen molar-refractivity contribution in [2.45, 2.75) is 33.9 Å². The van der Waals surface area contributed by atoms with Crippen molar-refractivity contribution < 1.29 is 17.5 Å². The number of rotatable bonds is 7. The van der Waals surface area contributed by atoms with Crippen molar-refractivity contribution in [3.8, 4) is 0 Å². The van der Waals surface area contributed by atoms with Crippen molar-refractivity contribution in [1.82, 2.24) is 4.98 Å². The first-order valence-corrected chi connectivity index (χ1v) is 8.14. The zero-order chi connectivity index (χ0) is 20.8. The van der Waals surface area contributed by atoms with Crippen LogP contribution in [0.25, 0.3) is 5.57 Å². The van der Waals surface area contributed by atoms with Gasteiger partial charge in [-0.3, -0.25) is 0 Å². The largest absolute Gasteiger partial charge is 0.510 e. The lowest BCUT2D eigenvalue weighted by Gasteiger charge is -2.10. The van der Waals surface area contributed by atoms with Crippen LogP contribution in [0.3, 0.4) is 0 Å². The molecule has 0 aliphatic heterocycles. The van der Waals surface area contributed by atoms with Crippen LogP contribution in [0.5, 0.6) is 0 Å². The Kier molecular flexibility index (Phi) is 7.82. The van der Waals surface area contributed by atoms with E-state index in [2.05, 4.69) is 23.0 Å². The molecule has 0 aliphatic carbocycles. The maximum absolute atomic E-state index is 13.4. The van der Waals surface area contributed by atoms with Crippen LogP contribution < -0.4 is 0 Å². The maximum Gasteiger partial charge on any atom is 0.510 e. The van der Waals surface area contributed by atoms with Gasteiger partial charge in [-0.2, -0.15) is 13.2 Å². The SMILES string of the molecule is C=C/C=C\C(=C)\C(=C/C(C)=C\C(C)=N\[B]F)c1[nH]c(C)c(C(F)(F)F)c1C. The highest BCUT2D eigenvalue weighted by Crippen LogP contribution is 2.39. The second-order valence-electron chi connectivity index (χ2n) is 6.06. The molecule has 1 N–H and O–H groups in total. The number of allylic oxidation sites excluding steroid dienone is 8. The summed E-state index contributed by atoms with van der Waals surface area (Å²) >= 11 is 0. The summed E-state index contributed by atoms with van der Waals surface area (Å²) in [5.74, 6) is 0. The first-order valence-electron chi connectivity index (χ1n) is 8.14. The van der Waals surface area contributed by atoms with E-state index in [1.807, 2.05) is 0 Å². The predicted molar refractivity (Wildman–Crippen MR) is 105 cm³/mol. The molecule has 27 heavy (non-hydrogen) atoms. The van der Waals surface area contributed by atoms with Crippen molar-refractivity contribution in [2.24, 2.45) is 4.90 Å². The van der Waals surface area contributed by atoms with Crippen LogP contribution in [0, 0.1) is 13.8 Å². The molecule has 1 heterocycles. The van der Waals surface area contributed by atoms with E-state index in [1.165, 1.54) is 13.8 Å². The second kappa shape index (κ2) is 9.39. The molecule has 0 unspecified atom stereocenters. The summed E-state index contributed by atoms with van der Waals surface area (Å²) < 4.78 is 52.3. The van der Waals surface area contributed by atoms with Crippen molar-refractivity contribution in [3.63, 3.8) is 0 Å². The lowest BCUT2D eigenvalue weighted by molar-refractivity contribution is -0.138. The lowest BCUT2D eigenvalue weighted by atomic mass is 9.97. The first-order chi connectivity index (χ1) is 12.5. The molecule has 7 heteroatoms. The standard InChI is InChI=1S/C20H22BF4N2/c1-7-8-9-13(3)17(11-12(2)10-14(4)27-21-25)19-15(5)18(16(6)26-19)20(22,23)24/h7-11,26H,1,3H2,2,4-6H3/b9-8-,12-10-,17-11+,27-14+.